The molecule has 0 spiro atoms. The fourth-order valence-electron chi connectivity index (χ4n) is 2.74. The molecule has 2 aromatic rings. The van der Waals surface area contributed by atoms with Crippen LogP contribution in [0.5, 0.6) is 0 Å². The predicted molar refractivity (Wildman–Crippen MR) is 72.2 cm³/mol. The van der Waals surface area contributed by atoms with Crippen molar-refractivity contribution in [2.75, 3.05) is 13.2 Å². The molecule has 3 nitrogen and oxygen atoms in total. The summed E-state index contributed by atoms with van der Waals surface area (Å²) in [5, 5.41) is 10.1. The average Bonchev–Trinajstić information content (AvgIpc) is 2.86. The van der Waals surface area contributed by atoms with Gasteiger partial charge in [0.1, 0.15) is 5.82 Å². The molecule has 0 saturated carbocycles. The van der Waals surface area contributed by atoms with Gasteiger partial charge in [-0.3, -0.25) is 9.88 Å². The highest BCUT2D eigenvalue weighted by atomic mass is 19.1. The van der Waals surface area contributed by atoms with Crippen LogP contribution in [-0.2, 0) is 6.54 Å². The van der Waals surface area contributed by atoms with Gasteiger partial charge in [0, 0.05) is 18.0 Å². The first-order chi connectivity index (χ1) is 9.26. The normalized spacial score (nSPS) is 20.2. The van der Waals surface area contributed by atoms with Gasteiger partial charge in [-0.2, -0.15) is 0 Å². The third-order valence-electron chi connectivity index (χ3n) is 3.78. The molecular formula is C15H17FN2O. The van der Waals surface area contributed by atoms with Crippen LogP contribution < -0.4 is 0 Å². The van der Waals surface area contributed by atoms with Crippen LogP contribution in [-0.4, -0.2) is 34.2 Å². The van der Waals surface area contributed by atoms with Crippen molar-refractivity contribution in [2.24, 2.45) is 0 Å². The van der Waals surface area contributed by atoms with Gasteiger partial charge in [0.05, 0.1) is 17.8 Å². The van der Waals surface area contributed by atoms with Crippen molar-refractivity contribution in [1.29, 1.82) is 0 Å². The molecule has 1 saturated heterocycles. The summed E-state index contributed by atoms with van der Waals surface area (Å²) in [7, 11) is 0. The molecule has 2 heterocycles. The summed E-state index contributed by atoms with van der Waals surface area (Å²) < 4.78 is 13.1. The number of aliphatic hydroxyl groups excluding tert-OH is 1. The Bertz CT molecular complexity index is 587. The molecule has 3 rings (SSSR count). The Morgan fingerprint density at radius 3 is 3.05 bits per heavy atom. The molecule has 0 aliphatic carbocycles. The van der Waals surface area contributed by atoms with Gasteiger partial charge >= 0.3 is 0 Å². The van der Waals surface area contributed by atoms with Crippen molar-refractivity contribution >= 4 is 10.9 Å². The van der Waals surface area contributed by atoms with Gasteiger partial charge in [-0.25, -0.2) is 4.39 Å². The van der Waals surface area contributed by atoms with Crippen molar-refractivity contribution in [3.05, 3.63) is 41.8 Å². The van der Waals surface area contributed by atoms with Crippen LogP contribution in [0.1, 0.15) is 18.5 Å². The SMILES string of the molecule is OC[C@@H]1CCCN1Cc1ccc2cc(F)ccc2n1. The Morgan fingerprint density at radius 1 is 1.32 bits per heavy atom. The van der Waals surface area contributed by atoms with Crippen LogP contribution in [0.25, 0.3) is 10.9 Å². The van der Waals surface area contributed by atoms with Gasteiger partial charge in [-0.05, 0) is 43.7 Å². The van der Waals surface area contributed by atoms with E-state index in [1.807, 2.05) is 12.1 Å². The van der Waals surface area contributed by atoms with Crippen LogP contribution in [0.15, 0.2) is 30.3 Å². The maximum Gasteiger partial charge on any atom is 0.123 e. The van der Waals surface area contributed by atoms with Crippen LogP contribution in [0.4, 0.5) is 4.39 Å². The van der Waals surface area contributed by atoms with Gasteiger partial charge in [0.25, 0.3) is 0 Å². The fraction of sp³-hybridized carbons (Fsp3) is 0.400. The lowest BCUT2D eigenvalue weighted by Crippen LogP contribution is -2.31. The van der Waals surface area contributed by atoms with E-state index in [0.29, 0.717) is 0 Å². The molecule has 1 aromatic carbocycles. The number of halogens is 1. The Morgan fingerprint density at radius 2 is 2.21 bits per heavy atom. The van der Waals surface area contributed by atoms with Crippen LogP contribution in [0.2, 0.25) is 0 Å². The molecule has 19 heavy (non-hydrogen) atoms. The fourth-order valence-corrected chi connectivity index (χ4v) is 2.74. The molecule has 1 aromatic heterocycles. The highest BCUT2D eigenvalue weighted by molar-refractivity contribution is 5.78. The number of hydrogen-bond donors (Lipinski definition) is 1. The van der Waals surface area contributed by atoms with E-state index in [2.05, 4.69) is 9.88 Å². The highest BCUT2D eigenvalue weighted by Crippen LogP contribution is 2.20. The van der Waals surface area contributed by atoms with Crippen LogP contribution in [0, 0.1) is 5.82 Å². The zero-order chi connectivity index (χ0) is 13.2. The summed E-state index contributed by atoms with van der Waals surface area (Å²) in [5.74, 6) is -0.234. The largest absolute Gasteiger partial charge is 0.395 e. The van der Waals surface area contributed by atoms with E-state index in [1.165, 1.54) is 12.1 Å². The lowest BCUT2D eigenvalue weighted by molar-refractivity contribution is 0.152. The first-order valence-electron chi connectivity index (χ1n) is 6.66. The number of fused-ring (bicyclic) bond motifs is 1. The van der Waals surface area contributed by atoms with Crippen molar-refractivity contribution in [1.82, 2.24) is 9.88 Å². The van der Waals surface area contributed by atoms with Gasteiger partial charge < -0.3 is 5.11 Å². The lowest BCUT2D eigenvalue weighted by atomic mass is 10.2. The second-order valence-corrected chi connectivity index (χ2v) is 5.09. The molecule has 1 fully saturated rings. The first kappa shape index (κ1) is 12.5. The van der Waals surface area contributed by atoms with E-state index in [4.69, 9.17) is 0 Å². The van der Waals surface area contributed by atoms with E-state index in [-0.39, 0.29) is 18.5 Å². The number of hydrogen-bond acceptors (Lipinski definition) is 3. The molecule has 0 radical (unpaired) electrons. The lowest BCUT2D eigenvalue weighted by Gasteiger charge is -2.22. The summed E-state index contributed by atoms with van der Waals surface area (Å²) >= 11 is 0. The molecule has 0 amide bonds. The zero-order valence-corrected chi connectivity index (χ0v) is 10.7. The monoisotopic (exact) mass is 260 g/mol. The highest BCUT2D eigenvalue weighted by Gasteiger charge is 2.23. The smallest absolute Gasteiger partial charge is 0.123 e. The Balaban J connectivity index is 1.83. The van der Waals surface area contributed by atoms with Gasteiger partial charge in [0.15, 0.2) is 0 Å². The molecule has 4 heteroatoms. The second-order valence-electron chi connectivity index (χ2n) is 5.09. The zero-order valence-electron chi connectivity index (χ0n) is 10.7. The van der Waals surface area contributed by atoms with Gasteiger partial charge in [0.2, 0.25) is 0 Å². The van der Waals surface area contributed by atoms with E-state index < -0.39 is 0 Å². The molecule has 0 unspecified atom stereocenters. The molecule has 0 bridgehead atoms. The minimum atomic E-state index is -0.234. The summed E-state index contributed by atoms with van der Waals surface area (Å²) in [6.07, 6.45) is 2.18. The quantitative estimate of drug-likeness (QED) is 0.920. The predicted octanol–water partition coefficient (Wildman–Crippen LogP) is 2.33. The minimum Gasteiger partial charge on any atom is -0.395 e. The number of rotatable bonds is 3. The van der Waals surface area contributed by atoms with E-state index >= 15 is 0 Å². The Kier molecular flexibility index (Phi) is 3.44. The summed E-state index contributed by atoms with van der Waals surface area (Å²) in [6.45, 7) is 1.96. The molecule has 100 valence electrons. The number of aliphatic hydroxyl groups is 1. The van der Waals surface area contributed by atoms with Crippen molar-refractivity contribution in [2.45, 2.75) is 25.4 Å². The number of likely N-dealkylation sites (tertiary alicyclic amines) is 1. The van der Waals surface area contributed by atoms with Crippen molar-refractivity contribution in [3.63, 3.8) is 0 Å². The number of benzene rings is 1. The topological polar surface area (TPSA) is 36.4 Å². The maximum absolute atomic E-state index is 13.1. The number of aromatic nitrogens is 1. The van der Waals surface area contributed by atoms with Crippen LogP contribution in [0.3, 0.4) is 0 Å². The summed E-state index contributed by atoms with van der Waals surface area (Å²) in [4.78, 5) is 6.82. The van der Waals surface area contributed by atoms with Gasteiger partial charge in [-0.15, -0.1) is 0 Å². The van der Waals surface area contributed by atoms with E-state index in [9.17, 15) is 9.50 Å². The minimum absolute atomic E-state index is 0.207. The second kappa shape index (κ2) is 5.23. The van der Waals surface area contributed by atoms with Crippen molar-refractivity contribution < 1.29 is 9.50 Å². The standard InChI is InChI=1S/C15H17FN2O/c16-12-4-6-15-11(8-12)3-5-13(17-15)9-18-7-1-2-14(18)10-19/h3-6,8,14,19H,1-2,7,9-10H2/t14-/m0/s1. The first-order valence-corrected chi connectivity index (χ1v) is 6.66. The average molecular weight is 260 g/mol. The number of pyridine rings is 1. The number of nitrogens with zero attached hydrogens (tertiary/aromatic N) is 2. The Labute approximate surface area is 111 Å². The third kappa shape index (κ3) is 2.60. The molecule has 1 aliphatic rings. The van der Waals surface area contributed by atoms with Gasteiger partial charge in [-0.1, -0.05) is 6.07 Å². The Hall–Kier alpha value is -1.52. The maximum atomic E-state index is 13.1. The molecule has 1 N–H and O–H groups in total. The van der Waals surface area contributed by atoms with Crippen LogP contribution >= 0.6 is 0 Å². The van der Waals surface area contributed by atoms with Crippen molar-refractivity contribution in [3.8, 4) is 0 Å². The third-order valence-corrected chi connectivity index (χ3v) is 3.78. The summed E-state index contributed by atoms with van der Waals surface area (Å²) in [5.41, 5.74) is 1.79. The van der Waals surface area contributed by atoms with E-state index in [1.54, 1.807) is 6.07 Å². The summed E-state index contributed by atoms with van der Waals surface area (Å²) in [6, 6.07) is 8.75. The molecule has 1 atom stereocenters. The molecular weight excluding hydrogens is 243 g/mol. The van der Waals surface area contributed by atoms with E-state index in [0.717, 1.165) is 42.5 Å². The molecule has 1 aliphatic heterocycles.